The van der Waals surface area contributed by atoms with E-state index in [9.17, 15) is 9.59 Å². The fraction of sp³-hybridized carbons (Fsp3) is 0.250. The average molecular weight is 400 g/mol. The summed E-state index contributed by atoms with van der Waals surface area (Å²) in [7, 11) is 0. The average Bonchev–Trinajstić information content (AvgIpc) is 2.69. The molecule has 28 heavy (non-hydrogen) atoms. The van der Waals surface area contributed by atoms with E-state index in [0.717, 1.165) is 0 Å². The third-order valence-electron chi connectivity index (χ3n) is 4.57. The van der Waals surface area contributed by atoms with Gasteiger partial charge >= 0.3 is 0 Å². The minimum absolute atomic E-state index is 0.129. The van der Waals surface area contributed by atoms with Gasteiger partial charge in [-0.3, -0.25) is 9.59 Å². The van der Waals surface area contributed by atoms with Gasteiger partial charge in [-0.1, -0.05) is 11.6 Å². The monoisotopic (exact) mass is 399 g/mol. The molecule has 1 aromatic heterocycles. The van der Waals surface area contributed by atoms with Crippen LogP contribution in [-0.4, -0.2) is 28.7 Å². The van der Waals surface area contributed by atoms with E-state index in [4.69, 9.17) is 21.1 Å². The number of amides is 1. The predicted octanol–water partition coefficient (Wildman–Crippen LogP) is 3.40. The number of fused-ring (bicyclic) bond motifs is 2. The number of hydrogen-bond acceptors (Lipinski definition) is 5. The van der Waals surface area contributed by atoms with Crippen LogP contribution in [0.25, 0.3) is 11.0 Å². The highest BCUT2D eigenvalue weighted by Crippen LogP contribution is 2.38. The fourth-order valence-electron chi connectivity index (χ4n) is 3.18. The zero-order chi connectivity index (χ0) is 19.8. The van der Waals surface area contributed by atoms with Crippen molar-refractivity contribution >= 4 is 34.2 Å². The third-order valence-corrected chi connectivity index (χ3v) is 4.88. The zero-order valence-electron chi connectivity index (χ0n) is 15.4. The quantitative estimate of drug-likeness (QED) is 0.729. The number of hydrogen-bond donors (Lipinski definition) is 1. The van der Waals surface area contributed by atoms with Crippen molar-refractivity contribution in [2.24, 2.45) is 0 Å². The van der Waals surface area contributed by atoms with E-state index in [0.29, 0.717) is 64.3 Å². The fourth-order valence-corrected chi connectivity index (χ4v) is 3.38. The molecule has 2 heterocycles. The van der Waals surface area contributed by atoms with E-state index in [2.05, 4.69) is 10.3 Å². The SMILES string of the molecule is CCn1c(=O)c(C)nc2cc(C(=O)Nc3cc4c(cc3Cl)OCCO4)ccc21. The summed E-state index contributed by atoms with van der Waals surface area (Å²) in [4.78, 5) is 29.3. The summed E-state index contributed by atoms with van der Waals surface area (Å²) in [5, 5.41) is 3.15. The molecule has 0 atom stereocenters. The van der Waals surface area contributed by atoms with Crippen LogP contribution in [0.15, 0.2) is 35.1 Å². The van der Waals surface area contributed by atoms with E-state index in [1.165, 1.54) is 0 Å². The maximum absolute atomic E-state index is 12.7. The number of rotatable bonds is 3. The first-order valence-corrected chi connectivity index (χ1v) is 9.27. The van der Waals surface area contributed by atoms with Crippen LogP contribution in [0.5, 0.6) is 11.5 Å². The third kappa shape index (κ3) is 3.18. The van der Waals surface area contributed by atoms with Crippen LogP contribution < -0.4 is 20.3 Å². The number of halogens is 1. The highest BCUT2D eigenvalue weighted by Gasteiger charge is 2.17. The molecule has 0 aliphatic carbocycles. The maximum Gasteiger partial charge on any atom is 0.272 e. The number of aromatic nitrogens is 2. The summed E-state index contributed by atoms with van der Waals surface area (Å²) >= 11 is 6.26. The summed E-state index contributed by atoms with van der Waals surface area (Å²) in [5.74, 6) is 0.750. The van der Waals surface area contributed by atoms with E-state index >= 15 is 0 Å². The van der Waals surface area contributed by atoms with E-state index in [1.807, 2.05) is 6.92 Å². The van der Waals surface area contributed by atoms with Gasteiger partial charge in [0.2, 0.25) is 0 Å². The number of anilines is 1. The number of carbonyl (C=O) groups is 1. The standard InChI is InChI=1S/C20H18ClN3O4/c1-3-24-16-5-4-12(8-15(16)22-11(2)20(24)26)19(25)23-14-10-18-17(9-13(14)21)27-6-7-28-18/h4-5,8-10H,3,6-7H2,1-2H3,(H,23,25). The molecule has 3 aromatic rings. The van der Waals surface area contributed by atoms with Crippen LogP contribution in [0.2, 0.25) is 5.02 Å². The first kappa shape index (κ1) is 18.3. The van der Waals surface area contributed by atoms with Gasteiger partial charge in [-0.05, 0) is 32.0 Å². The molecule has 1 aliphatic rings. The molecule has 4 rings (SSSR count). The van der Waals surface area contributed by atoms with Gasteiger partial charge in [-0.2, -0.15) is 0 Å². The van der Waals surface area contributed by atoms with Crippen molar-refractivity contribution in [3.8, 4) is 11.5 Å². The molecular formula is C20H18ClN3O4. The van der Waals surface area contributed by atoms with Crippen molar-refractivity contribution in [2.75, 3.05) is 18.5 Å². The zero-order valence-corrected chi connectivity index (χ0v) is 16.2. The summed E-state index contributed by atoms with van der Waals surface area (Å²) in [6.07, 6.45) is 0. The summed E-state index contributed by atoms with van der Waals surface area (Å²) < 4.78 is 12.7. The predicted molar refractivity (Wildman–Crippen MR) is 107 cm³/mol. The molecular weight excluding hydrogens is 382 g/mol. The van der Waals surface area contributed by atoms with Crippen LogP contribution in [0, 0.1) is 6.92 Å². The first-order valence-electron chi connectivity index (χ1n) is 8.89. The van der Waals surface area contributed by atoms with Crippen LogP contribution in [-0.2, 0) is 6.54 Å². The van der Waals surface area contributed by atoms with E-state index < -0.39 is 0 Å². The van der Waals surface area contributed by atoms with Gasteiger partial charge < -0.3 is 19.4 Å². The number of benzene rings is 2. The Morgan fingerprint density at radius 3 is 2.64 bits per heavy atom. The smallest absolute Gasteiger partial charge is 0.272 e. The van der Waals surface area contributed by atoms with Crippen molar-refractivity contribution in [3.63, 3.8) is 0 Å². The molecule has 0 saturated heterocycles. The highest BCUT2D eigenvalue weighted by molar-refractivity contribution is 6.34. The van der Waals surface area contributed by atoms with Gasteiger partial charge in [0, 0.05) is 24.2 Å². The lowest BCUT2D eigenvalue weighted by molar-refractivity contribution is 0.102. The van der Waals surface area contributed by atoms with Gasteiger partial charge in [0.05, 0.1) is 21.7 Å². The molecule has 0 fully saturated rings. The Hall–Kier alpha value is -3.06. The molecule has 1 amide bonds. The molecule has 8 heteroatoms. The largest absolute Gasteiger partial charge is 0.486 e. The molecule has 1 N–H and O–H groups in total. The minimum atomic E-state index is -0.339. The van der Waals surface area contributed by atoms with Gasteiger partial charge in [-0.25, -0.2) is 4.98 Å². The first-order chi connectivity index (χ1) is 13.5. The molecule has 2 aromatic carbocycles. The Kier molecular flexibility index (Phi) is 4.68. The Bertz CT molecular complexity index is 1160. The lowest BCUT2D eigenvalue weighted by Gasteiger charge is -2.20. The molecule has 0 spiro atoms. The van der Waals surface area contributed by atoms with Crippen LogP contribution in [0.1, 0.15) is 23.0 Å². The molecule has 0 saturated carbocycles. The molecule has 0 radical (unpaired) electrons. The van der Waals surface area contributed by atoms with Crippen LogP contribution in [0.3, 0.4) is 0 Å². The molecule has 0 bridgehead atoms. The summed E-state index contributed by atoms with van der Waals surface area (Å²) in [6.45, 7) is 4.98. The Morgan fingerprint density at radius 2 is 1.93 bits per heavy atom. The number of carbonyl (C=O) groups excluding carboxylic acids is 1. The Labute approximate surface area is 165 Å². The molecule has 1 aliphatic heterocycles. The topological polar surface area (TPSA) is 82.5 Å². The normalized spacial score (nSPS) is 12.8. The van der Waals surface area contributed by atoms with Crippen LogP contribution >= 0.6 is 11.6 Å². The second kappa shape index (κ2) is 7.16. The summed E-state index contributed by atoms with van der Waals surface area (Å²) in [6, 6.07) is 8.32. The molecule has 0 unspecified atom stereocenters. The van der Waals surface area contributed by atoms with Gasteiger partial charge in [0.1, 0.15) is 18.9 Å². The molecule has 144 valence electrons. The lowest BCUT2D eigenvalue weighted by atomic mass is 10.1. The Morgan fingerprint density at radius 1 is 1.21 bits per heavy atom. The van der Waals surface area contributed by atoms with Crippen molar-refractivity contribution in [3.05, 3.63) is 57.0 Å². The van der Waals surface area contributed by atoms with Gasteiger partial charge in [-0.15, -0.1) is 0 Å². The van der Waals surface area contributed by atoms with Gasteiger partial charge in [0.25, 0.3) is 11.5 Å². The molecule has 7 nitrogen and oxygen atoms in total. The number of nitrogens with one attached hydrogen (secondary N) is 1. The number of ether oxygens (including phenoxy) is 2. The Balaban J connectivity index is 1.68. The van der Waals surface area contributed by atoms with Crippen LogP contribution in [0.4, 0.5) is 5.69 Å². The second-order valence-electron chi connectivity index (χ2n) is 6.38. The lowest BCUT2D eigenvalue weighted by Crippen LogP contribution is -2.23. The van der Waals surface area contributed by atoms with Crippen molar-refractivity contribution < 1.29 is 14.3 Å². The van der Waals surface area contributed by atoms with Crippen molar-refractivity contribution in [1.29, 1.82) is 0 Å². The summed E-state index contributed by atoms with van der Waals surface area (Å²) in [5.41, 5.74) is 2.37. The van der Waals surface area contributed by atoms with Crippen molar-refractivity contribution in [1.82, 2.24) is 9.55 Å². The van der Waals surface area contributed by atoms with E-state index in [-0.39, 0.29) is 11.5 Å². The number of nitrogens with zero attached hydrogens (tertiary/aromatic N) is 2. The highest BCUT2D eigenvalue weighted by atomic mass is 35.5. The van der Waals surface area contributed by atoms with Crippen molar-refractivity contribution in [2.45, 2.75) is 20.4 Å². The van der Waals surface area contributed by atoms with Gasteiger partial charge in [0.15, 0.2) is 11.5 Å². The van der Waals surface area contributed by atoms with E-state index in [1.54, 1.807) is 41.8 Å². The minimum Gasteiger partial charge on any atom is -0.486 e. The maximum atomic E-state index is 12.7. The number of aryl methyl sites for hydroxylation is 2. The second-order valence-corrected chi connectivity index (χ2v) is 6.79.